The molecule has 1 heterocycles. The van der Waals surface area contributed by atoms with Gasteiger partial charge in [-0.1, -0.05) is 57.9 Å². The van der Waals surface area contributed by atoms with E-state index in [0.29, 0.717) is 36.7 Å². The Morgan fingerprint density at radius 2 is 1.75 bits per heavy atom. The summed E-state index contributed by atoms with van der Waals surface area (Å²) in [5.41, 5.74) is 4.94. The first-order chi connectivity index (χ1) is 17.3. The van der Waals surface area contributed by atoms with Crippen LogP contribution in [0.4, 0.5) is 5.69 Å². The fourth-order valence-electron chi connectivity index (χ4n) is 3.69. The SMILES string of the molecule is CC=O.CCC(=O)CCCCC(C)c1ccccn1.CCCC(=O)CCNc1ccc(C)cc1CC.[HH]. The van der Waals surface area contributed by atoms with E-state index in [4.69, 9.17) is 4.79 Å². The number of Topliss-reactive ketones (excluding diaryl/α,β-unsaturated/α-hetero) is 2. The van der Waals surface area contributed by atoms with Gasteiger partial charge in [0.2, 0.25) is 0 Å². The summed E-state index contributed by atoms with van der Waals surface area (Å²) in [5, 5.41) is 3.36. The van der Waals surface area contributed by atoms with Gasteiger partial charge >= 0.3 is 0 Å². The van der Waals surface area contributed by atoms with Crippen molar-refractivity contribution < 1.29 is 15.8 Å². The smallest absolute Gasteiger partial charge is 0.134 e. The van der Waals surface area contributed by atoms with Crippen molar-refractivity contribution in [1.29, 1.82) is 0 Å². The molecule has 0 saturated carbocycles. The molecule has 0 fully saturated rings. The van der Waals surface area contributed by atoms with Gasteiger partial charge in [0.1, 0.15) is 17.9 Å². The third kappa shape index (κ3) is 16.0. The highest BCUT2D eigenvalue weighted by Gasteiger charge is 2.06. The molecular formula is C31H50N2O3. The van der Waals surface area contributed by atoms with Crippen LogP contribution in [0.15, 0.2) is 42.6 Å². The van der Waals surface area contributed by atoms with E-state index < -0.39 is 0 Å². The maximum Gasteiger partial charge on any atom is 0.134 e. The summed E-state index contributed by atoms with van der Waals surface area (Å²) in [7, 11) is 0. The maximum atomic E-state index is 11.4. The highest BCUT2D eigenvalue weighted by molar-refractivity contribution is 5.79. The third-order valence-electron chi connectivity index (χ3n) is 5.82. The molecule has 2 aromatic rings. The van der Waals surface area contributed by atoms with Crippen LogP contribution in [0, 0.1) is 6.92 Å². The Morgan fingerprint density at radius 1 is 1.03 bits per heavy atom. The second kappa shape index (κ2) is 21.5. The lowest BCUT2D eigenvalue weighted by molar-refractivity contribution is -0.119. The zero-order valence-corrected chi connectivity index (χ0v) is 23.4. The number of ketones is 2. The van der Waals surface area contributed by atoms with Crippen LogP contribution in [0.2, 0.25) is 0 Å². The summed E-state index contributed by atoms with van der Waals surface area (Å²) >= 11 is 0. The van der Waals surface area contributed by atoms with Crippen molar-refractivity contribution in [2.75, 3.05) is 11.9 Å². The molecule has 0 spiro atoms. The zero-order chi connectivity index (χ0) is 27.2. The topological polar surface area (TPSA) is 76.1 Å². The van der Waals surface area contributed by atoms with E-state index in [1.54, 1.807) is 0 Å². The van der Waals surface area contributed by atoms with Gasteiger partial charge in [-0.25, -0.2) is 0 Å². The molecule has 1 N–H and O–H groups in total. The molecule has 0 amide bonds. The van der Waals surface area contributed by atoms with Crippen LogP contribution in [-0.2, 0) is 20.8 Å². The number of nitrogens with one attached hydrogen (secondary N) is 1. The molecule has 36 heavy (non-hydrogen) atoms. The summed E-state index contributed by atoms with van der Waals surface area (Å²) in [4.78, 5) is 35.7. The number of hydrogen-bond donors (Lipinski definition) is 1. The molecule has 202 valence electrons. The largest absolute Gasteiger partial charge is 0.384 e. The van der Waals surface area contributed by atoms with Gasteiger partial charge in [-0.3, -0.25) is 14.6 Å². The number of unbranched alkanes of at least 4 members (excludes halogenated alkanes) is 1. The Morgan fingerprint density at radius 3 is 2.33 bits per heavy atom. The van der Waals surface area contributed by atoms with Crippen molar-refractivity contribution >= 4 is 23.5 Å². The summed E-state index contributed by atoms with van der Waals surface area (Å²) in [5.74, 6) is 1.23. The molecule has 1 atom stereocenters. The molecule has 0 aliphatic rings. The summed E-state index contributed by atoms with van der Waals surface area (Å²) < 4.78 is 0. The zero-order valence-electron chi connectivity index (χ0n) is 23.4. The van der Waals surface area contributed by atoms with Gasteiger partial charge in [0, 0.05) is 51.2 Å². The van der Waals surface area contributed by atoms with E-state index in [-0.39, 0.29) is 1.43 Å². The summed E-state index contributed by atoms with van der Waals surface area (Å²) in [6.45, 7) is 12.6. The molecule has 1 aromatic carbocycles. The first kappa shape index (κ1) is 33.2. The fourth-order valence-corrected chi connectivity index (χ4v) is 3.69. The van der Waals surface area contributed by atoms with E-state index in [9.17, 15) is 9.59 Å². The van der Waals surface area contributed by atoms with E-state index in [0.717, 1.165) is 57.0 Å². The van der Waals surface area contributed by atoms with Gasteiger partial charge in [0.05, 0.1) is 0 Å². The first-order valence-corrected chi connectivity index (χ1v) is 13.5. The van der Waals surface area contributed by atoms with E-state index in [1.807, 2.05) is 32.2 Å². The van der Waals surface area contributed by atoms with Crippen LogP contribution < -0.4 is 5.32 Å². The number of pyridine rings is 1. The quantitative estimate of drug-likeness (QED) is 0.211. The van der Waals surface area contributed by atoms with Crippen molar-refractivity contribution in [2.45, 2.75) is 105 Å². The van der Waals surface area contributed by atoms with Crippen LogP contribution in [-0.4, -0.2) is 29.4 Å². The van der Waals surface area contributed by atoms with Gasteiger partial charge in [0.25, 0.3) is 0 Å². The summed E-state index contributed by atoms with van der Waals surface area (Å²) in [6.07, 6.45) is 10.6. The fraction of sp³-hybridized carbons (Fsp3) is 0.548. The van der Waals surface area contributed by atoms with Crippen LogP contribution >= 0.6 is 0 Å². The lowest BCUT2D eigenvalue weighted by Gasteiger charge is -2.11. The Hall–Kier alpha value is -2.82. The minimum absolute atomic E-state index is 0. The highest BCUT2D eigenvalue weighted by Crippen LogP contribution is 2.20. The van der Waals surface area contributed by atoms with Gasteiger partial charge in [-0.2, -0.15) is 0 Å². The Bertz CT molecular complexity index is 872. The number of benzene rings is 1. The van der Waals surface area contributed by atoms with E-state index >= 15 is 0 Å². The first-order valence-electron chi connectivity index (χ1n) is 13.5. The van der Waals surface area contributed by atoms with Gasteiger partial charge < -0.3 is 10.1 Å². The van der Waals surface area contributed by atoms with Crippen molar-refractivity contribution in [2.24, 2.45) is 0 Å². The number of aldehydes is 1. The normalized spacial score (nSPS) is 10.7. The van der Waals surface area contributed by atoms with Crippen molar-refractivity contribution in [3.05, 3.63) is 59.4 Å². The standard InChI is InChI=1S/C15H23NO.C14H21NO.C2H4O.H2/c1-4-6-14(17)9-10-16-15-8-7-12(3)11-13(15)5-2;1-3-13(16)9-5-4-8-12(2)14-10-6-7-11-15-14;1-2-3;/h7-8,11,16H,4-6,9-10H2,1-3H3;6-7,10-12H,3-5,8-9H2,1-2H3;2H,1H3;1H. The minimum atomic E-state index is 0. The van der Waals surface area contributed by atoms with Crippen LogP contribution in [0.1, 0.15) is 110 Å². The second-order valence-electron chi connectivity index (χ2n) is 9.01. The van der Waals surface area contributed by atoms with Crippen molar-refractivity contribution in [3.63, 3.8) is 0 Å². The Kier molecular flexibility index (Phi) is 19.8. The molecule has 2 rings (SSSR count). The molecule has 0 aliphatic heterocycles. The molecule has 0 aliphatic carbocycles. The van der Waals surface area contributed by atoms with Gasteiger partial charge in [0.15, 0.2) is 0 Å². The molecule has 0 radical (unpaired) electrons. The average molecular weight is 499 g/mol. The van der Waals surface area contributed by atoms with Crippen LogP contribution in [0.5, 0.6) is 0 Å². The summed E-state index contributed by atoms with van der Waals surface area (Å²) in [6, 6.07) is 12.5. The number of rotatable bonds is 14. The third-order valence-corrected chi connectivity index (χ3v) is 5.82. The number of carbonyl (C=O) groups excluding carboxylic acids is 3. The lowest BCUT2D eigenvalue weighted by Crippen LogP contribution is -2.09. The molecule has 5 nitrogen and oxygen atoms in total. The average Bonchev–Trinajstić information content (AvgIpc) is 2.88. The minimum Gasteiger partial charge on any atom is -0.384 e. The molecule has 1 unspecified atom stereocenters. The molecule has 0 saturated heterocycles. The molecular weight excluding hydrogens is 448 g/mol. The van der Waals surface area contributed by atoms with E-state index in [2.05, 4.69) is 55.3 Å². The number of hydrogen-bond acceptors (Lipinski definition) is 5. The van der Waals surface area contributed by atoms with Crippen molar-refractivity contribution in [1.82, 2.24) is 4.98 Å². The van der Waals surface area contributed by atoms with Gasteiger partial charge in [-0.15, -0.1) is 0 Å². The van der Waals surface area contributed by atoms with Crippen LogP contribution in [0.25, 0.3) is 0 Å². The second-order valence-corrected chi connectivity index (χ2v) is 9.01. The number of aryl methyl sites for hydroxylation is 2. The Balaban J connectivity index is 0. The Labute approximate surface area is 221 Å². The van der Waals surface area contributed by atoms with E-state index in [1.165, 1.54) is 23.7 Å². The van der Waals surface area contributed by atoms with Crippen molar-refractivity contribution in [3.8, 4) is 0 Å². The number of nitrogens with zero attached hydrogens (tertiary/aromatic N) is 1. The van der Waals surface area contributed by atoms with Crippen LogP contribution in [0.3, 0.4) is 0 Å². The predicted molar refractivity (Wildman–Crippen MR) is 154 cm³/mol. The molecule has 5 heteroatoms. The van der Waals surface area contributed by atoms with Gasteiger partial charge in [-0.05, 0) is 69.2 Å². The number of aromatic nitrogens is 1. The molecule has 0 bridgehead atoms. The lowest BCUT2D eigenvalue weighted by atomic mass is 9.98. The molecule has 1 aromatic heterocycles. The highest BCUT2D eigenvalue weighted by atomic mass is 16.1. The predicted octanol–water partition coefficient (Wildman–Crippen LogP) is 7.90. The monoisotopic (exact) mass is 498 g/mol. The maximum absolute atomic E-state index is 11.4. The number of carbonyl (C=O) groups is 3. The number of anilines is 1.